The van der Waals surface area contributed by atoms with Gasteiger partial charge in [0.25, 0.3) is 10.0 Å². The number of hydrogen-bond donors (Lipinski definition) is 2. The van der Waals surface area contributed by atoms with E-state index in [1.165, 1.54) is 0 Å². The van der Waals surface area contributed by atoms with E-state index in [-0.39, 0.29) is 4.90 Å². The molecule has 0 aliphatic heterocycles. The van der Waals surface area contributed by atoms with Crippen LogP contribution in [0.2, 0.25) is 0 Å². The normalized spacial score (nSPS) is 11.7. The summed E-state index contributed by atoms with van der Waals surface area (Å²) in [5.41, 5.74) is 1.46. The SMILES string of the molecule is CCc1cn[nH]c1NS(=O)(=O)c1cccc2ncccc12. The van der Waals surface area contributed by atoms with Gasteiger partial charge in [0.1, 0.15) is 5.82 Å². The monoisotopic (exact) mass is 302 g/mol. The van der Waals surface area contributed by atoms with Crippen molar-refractivity contribution in [1.82, 2.24) is 15.2 Å². The number of anilines is 1. The van der Waals surface area contributed by atoms with Crippen LogP contribution in [0.1, 0.15) is 12.5 Å². The minimum atomic E-state index is -3.70. The van der Waals surface area contributed by atoms with Crippen molar-refractivity contribution in [1.29, 1.82) is 0 Å². The lowest BCUT2D eigenvalue weighted by atomic mass is 10.2. The molecular weight excluding hydrogens is 288 g/mol. The second-order valence-corrected chi connectivity index (χ2v) is 6.21. The molecular formula is C14H14N4O2S. The number of aromatic amines is 1. The Kier molecular flexibility index (Phi) is 3.34. The van der Waals surface area contributed by atoms with Gasteiger partial charge in [-0.15, -0.1) is 0 Å². The Bertz CT molecular complexity index is 881. The molecule has 0 unspecified atom stereocenters. The summed E-state index contributed by atoms with van der Waals surface area (Å²) in [6.45, 7) is 1.94. The van der Waals surface area contributed by atoms with E-state index in [1.807, 2.05) is 6.92 Å². The Hall–Kier alpha value is -2.41. The zero-order valence-corrected chi connectivity index (χ0v) is 12.2. The summed E-state index contributed by atoms with van der Waals surface area (Å²) < 4.78 is 27.7. The van der Waals surface area contributed by atoms with Crippen LogP contribution in [0.4, 0.5) is 5.82 Å². The number of aryl methyl sites for hydroxylation is 1. The maximum Gasteiger partial charge on any atom is 0.263 e. The van der Waals surface area contributed by atoms with Crippen LogP contribution in [0.5, 0.6) is 0 Å². The highest BCUT2D eigenvalue weighted by molar-refractivity contribution is 7.93. The number of benzene rings is 1. The van der Waals surface area contributed by atoms with E-state index in [0.29, 0.717) is 23.1 Å². The van der Waals surface area contributed by atoms with Crippen LogP contribution in [0.25, 0.3) is 10.9 Å². The van der Waals surface area contributed by atoms with Gasteiger partial charge in [0, 0.05) is 17.1 Å². The van der Waals surface area contributed by atoms with E-state index < -0.39 is 10.0 Å². The maximum absolute atomic E-state index is 12.6. The van der Waals surface area contributed by atoms with Crippen LogP contribution in [0, 0.1) is 0 Å². The van der Waals surface area contributed by atoms with Crippen LogP contribution in [-0.4, -0.2) is 23.6 Å². The molecule has 6 nitrogen and oxygen atoms in total. The van der Waals surface area contributed by atoms with Gasteiger partial charge < -0.3 is 0 Å². The first kappa shape index (κ1) is 13.6. The van der Waals surface area contributed by atoms with Crippen LogP contribution in [0.15, 0.2) is 47.6 Å². The van der Waals surface area contributed by atoms with Gasteiger partial charge >= 0.3 is 0 Å². The zero-order chi connectivity index (χ0) is 14.9. The Morgan fingerprint density at radius 1 is 1.24 bits per heavy atom. The van der Waals surface area contributed by atoms with Crippen LogP contribution in [0.3, 0.4) is 0 Å². The van der Waals surface area contributed by atoms with Crippen molar-refractivity contribution in [2.75, 3.05) is 4.72 Å². The number of hydrogen-bond acceptors (Lipinski definition) is 4. The van der Waals surface area contributed by atoms with Gasteiger partial charge in [-0.05, 0) is 30.7 Å². The average molecular weight is 302 g/mol. The topological polar surface area (TPSA) is 87.7 Å². The number of rotatable bonds is 4. The molecule has 2 heterocycles. The summed E-state index contributed by atoms with van der Waals surface area (Å²) in [7, 11) is -3.70. The summed E-state index contributed by atoms with van der Waals surface area (Å²) in [6, 6.07) is 8.48. The third-order valence-electron chi connectivity index (χ3n) is 3.23. The molecule has 0 radical (unpaired) electrons. The third-order valence-corrected chi connectivity index (χ3v) is 4.64. The Balaban J connectivity index is 2.09. The number of fused-ring (bicyclic) bond motifs is 1. The van der Waals surface area contributed by atoms with E-state index in [4.69, 9.17) is 0 Å². The van der Waals surface area contributed by atoms with Crippen molar-refractivity contribution in [3.05, 3.63) is 48.3 Å². The minimum absolute atomic E-state index is 0.199. The molecule has 0 bridgehead atoms. The lowest BCUT2D eigenvalue weighted by molar-refractivity contribution is 0.601. The molecule has 3 rings (SSSR count). The third kappa shape index (κ3) is 2.47. The van der Waals surface area contributed by atoms with Crippen molar-refractivity contribution in [2.24, 2.45) is 0 Å². The van der Waals surface area contributed by atoms with Gasteiger partial charge in [-0.2, -0.15) is 5.10 Å². The zero-order valence-electron chi connectivity index (χ0n) is 11.4. The van der Waals surface area contributed by atoms with E-state index in [0.717, 1.165) is 5.56 Å². The molecule has 7 heteroatoms. The molecule has 0 saturated heterocycles. The molecule has 0 spiro atoms. The highest BCUT2D eigenvalue weighted by Gasteiger charge is 2.19. The van der Waals surface area contributed by atoms with Crippen molar-refractivity contribution in [3.63, 3.8) is 0 Å². The molecule has 0 atom stereocenters. The van der Waals surface area contributed by atoms with Gasteiger partial charge in [-0.1, -0.05) is 13.0 Å². The number of pyridine rings is 1. The van der Waals surface area contributed by atoms with E-state index >= 15 is 0 Å². The first-order valence-corrected chi connectivity index (χ1v) is 7.99. The molecule has 0 aliphatic carbocycles. The quantitative estimate of drug-likeness (QED) is 0.774. The first-order valence-electron chi connectivity index (χ1n) is 6.50. The molecule has 0 fully saturated rings. The molecule has 3 aromatic rings. The largest absolute Gasteiger partial charge is 0.263 e. The van der Waals surface area contributed by atoms with Crippen molar-refractivity contribution in [3.8, 4) is 0 Å². The molecule has 2 aromatic heterocycles. The van der Waals surface area contributed by atoms with Crippen molar-refractivity contribution < 1.29 is 8.42 Å². The second kappa shape index (κ2) is 5.17. The molecule has 0 amide bonds. The van der Waals surface area contributed by atoms with E-state index in [1.54, 1.807) is 42.7 Å². The fourth-order valence-electron chi connectivity index (χ4n) is 2.17. The number of aromatic nitrogens is 3. The minimum Gasteiger partial charge on any atom is -0.263 e. The summed E-state index contributed by atoms with van der Waals surface area (Å²) >= 11 is 0. The van der Waals surface area contributed by atoms with Crippen molar-refractivity contribution >= 4 is 26.7 Å². The van der Waals surface area contributed by atoms with Gasteiger partial charge in [0.15, 0.2) is 0 Å². The van der Waals surface area contributed by atoms with E-state index in [9.17, 15) is 8.42 Å². The molecule has 1 aromatic carbocycles. The van der Waals surface area contributed by atoms with Gasteiger partial charge in [-0.25, -0.2) is 8.42 Å². The van der Waals surface area contributed by atoms with E-state index in [2.05, 4.69) is 19.9 Å². The number of nitrogens with one attached hydrogen (secondary N) is 2. The summed E-state index contributed by atoms with van der Waals surface area (Å²) in [5, 5.41) is 7.13. The maximum atomic E-state index is 12.6. The Morgan fingerprint density at radius 3 is 2.90 bits per heavy atom. The smallest absolute Gasteiger partial charge is 0.263 e. The fourth-order valence-corrected chi connectivity index (χ4v) is 3.44. The second-order valence-electron chi connectivity index (χ2n) is 4.56. The Labute approximate surface area is 122 Å². The van der Waals surface area contributed by atoms with Crippen molar-refractivity contribution in [2.45, 2.75) is 18.2 Å². The number of sulfonamides is 1. The van der Waals surface area contributed by atoms with Gasteiger partial charge in [0.2, 0.25) is 0 Å². The van der Waals surface area contributed by atoms with Gasteiger partial charge in [0.05, 0.1) is 16.6 Å². The summed E-state index contributed by atoms with van der Waals surface area (Å²) in [4.78, 5) is 4.37. The van der Waals surface area contributed by atoms with Crippen LogP contribution < -0.4 is 4.72 Å². The Morgan fingerprint density at radius 2 is 2.10 bits per heavy atom. The van der Waals surface area contributed by atoms with Crippen LogP contribution >= 0.6 is 0 Å². The molecule has 21 heavy (non-hydrogen) atoms. The summed E-state index contributed by atoms with van der Waals surface area (Å²) in [5.74, 6) is 0.401. The number of H-pyrrole nitrogens is 1. The predicted octanol–water partition coefficient (Wildman–Crippen LogP) is 2.32. The molecule has 0 aliphatic rings. The lowest BCUT2D eigenvalue weighted by Crippen LogP contribution is -2.14. The highest BCUT2D eigenvalue weighted by Crippen LogP contribution is 2.24. The predicted molar refractivity (Wildman–Crippen MR) is 80.5 cm³/mol. The highest BCUT2D eigenvalue weighted by atomic mass is 32.2. The number of nitrogens with zero attached hydrogens (tertiary/aromatic N) is 2. The lowest BCUT2D eigenvalue weighted by Gasteiger charge is -2.09. The first-order chi connectivity index (χ1) is 10.1. The van der Waals surface area contributed by atoms with Gasteiger partial charge in [-0.3, -0.25) is 14.8 Å². The average Bonchev–Trinajstić information content (AvgIpc) is 2.93. The molecule has 0 saturated carbocycles. The fraction of sp³-hybridized carbons (Fsp3) is 0.143. The molecule has 108 valence electrons. The molecule has 2 N–H and O–H groups in total. The standard InChI is InChI=1S/C14H14N4O2S/c1-2-10-9-16-17-14(10)18-21(19,20)13-7-3-6-12-11(13)5-4-8-15-12/h3-9H,2H2,1H3,(H2,16,17,18). The van der Waals surface area contributed by atoms with Crippen LogP contribution in [-0.2, 0) is 16.4 Å². The summed E-state index contributed by atoms with van der Waals surface area (Å²) in [6.07, 6.45) is 3.93.